The Kier molecular flexibility index (Phi) is 4.40. The van der Waals surface area contributed by atoms with E-state index in [-0.39, 0.29) is 11.9 Å². The van der Waals surface area contributed by atoms with E-state index in [1.54, 1.807) is 0 Å². The molecule has 0 aliphatic carbocycles. The molecule has 17 heavy (non-hydrogen) atoms. The zero-order chi connectivity index (χ0) is 12.3. The van der Waals surface area contributed by atoms with E-state index in [2.05, 4.69) is 15.5 Å². The standard InChI is InChI=1S/C13H25N3O/c1-10(2)15-13(17)5-7-16-8-11-4-3-6-14-12(11)9-16/h10-12,14H,3-9H2,1-2H3,(H,15,17). The van der Waals surface area contributed by atoms with Crippen molar-refractivity contribution in [3.05, 3.63) is 0 Å². The number of carbonyl (C=O) groups is 1. The smallest absolute Gasteiger partial charge is 0.221 e. The van der Waals surface area contributed by atoms with Crippen molar-refractivity contribution in [2.24, 2.45) is 5.92 Å². The normalized spacial score (nSPS) is 29.4. The van der Waals surface area contributed by atoms with Crippen molar-refractivity contribution in [3.63, 3.8) is 0 Å². The Morgan fingerprint density at radius 1 is 1.47 bits per heavy atom. The third-order valence-corrected chi connectivity index (χ3v) is 3.78. The predicted octanol–water partition coefficient (Wildman–Crippen LogP) is 0.585. The molecular weight excluding hydrogens is 214 g/mol. The lowest BCUT2D eigenvalue weighted by Crippen LogP contribution is -2.40. The largest absolute Gasteiger partial charge is 0.354 e. The van der Waals surface area contributed by atoms with Crippen molar-refractivity contribution in [2.75, 3.05) is 26.2 Å². The third-order valence-electron chi connectivity index (χ3n) is 3.78. The zero-order valence-electron chi connectivity index (χ0n) is 11.0. The molecular formula is C13H25N3O. The van der Waals surface area contributed by atoms with Crippen LogP contribution in [0.1, 0.15) is 33.1 Å². The summed E-state index contributed by atoms with van der Waals surface area (Å²) in [5, 5.41) is 6.54. The molecule has 98 valence electrons. The molecule has 1 amide bonds. The number of amides is 1. The molecule has 2 saturated heterocycles. The first kappa shape index (κ1) is 12.8. The fourth-order valence-electron chi connectivity index (χ4n) is 2.97. The van der Waals surface area contributed by atoms with Gasteiger partial charge in [-0.15, -0.1) is 0 Å². The molecule has 0 bridgehead atoms. The Morgan fingerprint density at radius 2 is 2.29 bits per heavy atom. The fourth-order valence-corrected chi connectivity index (χ4v) is 2.97. The summed E-state index contributed by atoms with van der Waals surface area (Å²) < 4.78 is 0. The molecule has 2 aliphatic heterocycles. The van der Waals surface area contributed by atoms with Crippen molar-refractivity contribution in [1.82, 2.24) is 15.5 Å². The molecule has 2 fully saturated rings. The van der Waals surface area contributed by atoms with Gasteiger partial charge in [-0.2, -0.15) is 0 Å². The van der Waals surface area contributed by atoms with Gasteiger partial charge in [-0.05, 0) is 39.2 Å². The number of rotatable bonds is 4. The molecule has 2 N–H and O–H groups in total. The van der Waals surface area contributed by atoms with Gasteiger partial charge in [-0.25, -0.2) is 0 Å². The molecule has 2 heterocycles. The minimum absolute atomic E-state index is 0.183. The van der Waals surface area contributed by atoms with Crippen LogP contribution in [0.25, 0.3) is 0 Å². The molecule has 0 saturated carbocycles. The van der Waals surface area contributed by atoms with E-state index in [4.69, 9.17) is 0 Å². The maximum Gasteiger partial charge on any atom is 0.221 e. The highest BCUT2D eigenvalue weighted by molar-refractivity contribution is 5.76. The number of fused-ring (bicyclic) bond motifs is 1. The Bertz CT molecular complexity index is 253. The van der Waals surface area contributed by atoms with E-state index in [0.717, 1.165) is 19.0 Å². The number of nitrogens with zero attached hydrogens (tertiary/aromatic N) is 1. The second kappa shape index (κ2) is 5.83. The summed E-state index contributed by atoms with van der Waals surface area (Å²) in [5.74, 6) is 1.000. The van der Waals surface area contributed by atoms with E-state index in [0.29, 0.717) is 12.5 Å². The van der Waals surface area contributed by atoms with E-state index in [9.17, 15) is 4.79 Å². The maximum absolute atomic E-state index is 11.6. The number of carbonyl (C=O) groups excluding carboxylic acids is 1. The first-order valence-electron chi connectivity index (χ1n) is 6.90. The number of nitrogens with one attached hydrogen (secondary N) is 2. The Morgan fingerprint density at radius 3 is 3.00 bits per heavy atom. The zero-order valence-corrected chi connectivity index (χ0v) is 11.0. The minimum atomic E-state index is 0.183. The molecule has 2 rings (SSSR count). The van der Waals surface area contributed by atoms with Gasteiger partial charge in [-0.1, -0.05) is 0 Å². The van der Waals surface area contributed by atoms with Gasteiger partial charge < -0.3 is 15.5 Å². The monoisotopic (exact) mass is 239 g/mol. The lowest BCUT2D eigenvalue weighted by atomic mass is 9.94. The highest BCUT2D eigenvalue weighted by Crippen LogP contribution is 2.24. The van der Waals surface area contributed by atoms with Gasteiger partial charge in [0.15, 0.2) is 0 Å². The van der Waals surface area contributed by atoms with Crippen LogP contribution in [0.2, 0.25) is 0 Å². The van der Waals surface area contributed by atoms with Gasteiger partial charge in [0.1, 0.15) is 0 Å². The summed E-state index contributed by atoms with van der Waals surface area (Å²) in [7, 11) is 0. The Labute approximate surface area is 104 Å². The summed E-state index contributed by atoms with van der Waals surface area (Å²) >= 11 is 0. The van der Waals surface area contributed by atoms with E-state index in [1.807, 2.05) is 13.8 Å². The number of hydrogen-bond acceptors (Lipinski definition) is 3. The number of piperidine rings is 1. The lowest BCUT2D eigenvalue weighted by Gasteiger charge is -2.24. The number of likely N-dealkylation sites (tertiary alicyclic amines) is 1. The van der Waals surface area contributed by atoms with E-state index < -0.39 is 0 Å². The van der Waals surface area contributed by atoms with Crippen LogP contribution in [0.3, 0.4) is 0 Å². The molecule has 2 unspecified atom stereocenters. The van der Waals surface area contributed by atoms with Crippen molar-refractivity contribution in [1.29, 1.82) is 0 Å². The molecule has 0 aromatic rings. The van der Waals surface area contributed by atoms with Gasteiger partial charge in [0.05, 0.1) is 0 Å². The highest BCUT2D eigenvalue weighted by atomic mass is 16.1. The van der Waals surface area contributed by atoms with E-state index >= 15 is 0 Å². The van der Waals surface area contributed by atoms with Gasteiger partial charge in [0.25, 0.3) is 0 Å². The van der Waals surface area contributed by atoms with Crippen molar-refractivity contribution in [3.8, 4) is 0 Å². The van der Waals surface area contributed by atoms with Crippen LogP contribution in [0, 0.1) is 5.92 Å². The van der Waals surface area contributed by atoms with Crippen LogP contribution >= 0.6 is 0 Å². The van der Waals surface area contributed by atoms with Crippen molar-refractivity contribution >= 4 is 5.91 Å². The summed E-state index contributed by atoms with van der Waals surface area (Å²) in [6.07, 6.45) is 3.30. The Hall–Kier alpha value is -0.610. The third kappa shape index (κ3) is 3.68. The first-order chi connectivity index (χ1) is 8.15. The Balaban J connectivity index is 1.69. The van der Waals surface area contributed by atoms with Crippen LogP contribution in [0.4, 0.5) is 0 Å². The summed E-state index contributed by atoms with van der Waals surface area (Å²) in [6.45, 7) is 8.39. The molecule has 0 aromatic heterocycles. The second-order valence-corrected chi connectivity index (χ2v) is 5.69. The lowest BCUT2D eigenvalue weighted by molar-refractivity contribution is -0.121. The van der Waals surface area contributed by atoms with Crippen LogP contribution in [0.15, 0.2) is 0 Å². The molecule has 4 heteroatoms. The van der Waals surface area contributed by atoms with Crippen LogP contribution in [0.5, 0.6) is 0 Å². The SMILES string of the molecule is CC(C)NC(=O)CCN1CC2CCCNC2C1. The quantitative estimate of drug-likeness (QED) is 0.754. The van der Waals surface area contributed by atoms with E-state index in [1.165, 1.54) is 25.9 Å². The minimum Gasteiger partial charge on any atom is -0.354 e. The average molecular weight is 239 g/mol. The molecule has 2 aliphatic rings. The predicted molar refractivity (Wildman–Crippen MR) is 68.9 cm³/mol. The molecule has 0 spiro atoms. The van der Waals surface area contributed by atoms with Gasteiger partial charge in [0, 0.05) is 38.1 Å². The van der Waals surface area contributed by atoms with Crippen LogP contribution in [-0.4, -0.2) is 49.1 Å². The summed E-state index contributed by atoms with van der Waals surface area (Å²) in [4.78, 5) is 14.0. The highest BCUT2D eigenvalue weighted by Gasteiger charge is 2.33. The second-order valence-electron chi connectivity index (χ2n) is 5.69. The molecule has 0 radical (unpaired) electrons. The van der Waals surface area contributed by atoms with Crippen LogP contribution in [-0.2, 0) is 4.79 Å². The first-order valence-corrected chi connectivity index (χ1v) is 6.90. The summed E-state index contributed by atoms with van der Waals surface area (Å²) in [6, 6.07) is 0.933. The van der Waals surface area contributed by atoms with Crippen LogP contribution < -0.4 is 10.6 Å². The fraction of sp³-hybridized carbons (Fsp3) is 0.923. The molecule has 0 aromatic carbocycles. The van der Waals surface area contributed by atoms with Gasteiger partial charge >= 0.3 is 0 Å². The van der Waals surface area contributed by atoms with Crippen molar-refractivity contribution < 1.29 is 4.79 Å². The van der Waals surface area contributed by atoms with Gasteiger partial charge in [-0.3, -0.25) is 4.79 Å². The topological polar surface area (TPSA) is 44.4 Å². The van der Waals surface area contributed by atoms with Crippen molar-refractivity contribution in [2.45, 2.75) is 45.2 Å². The molecule has 2 atom stereocenters. The maximum atomic E-state index is 11.6. The van der Waals surface area contributed by atoms with Gasteiger partial charge in [0.2, 0.25) is 5.91 Å². The average Bonchev–Trinajstić information content (AvgIpc) is 2.68. The number of hydrogen-bond donors (Lipinski definition) is 2. The summed E-state index contributed by atoms with van der Waals surface area (Å²) in [5.41, 5.74) is 0. The molecule has 4 nitrogen and oxygen atoms in total.